The molecular formula is C11H24Si. The molecule has 0 spiro atoms. The first-order chi connectivity index (χ1) is 5.73. The van der Waals surface area contributed by atoms with Gasteiger partial charge in [-0.05, 0) is 5.54 Å². The molecule has 1 rings (SSSR count). The zero-order valence-electron chi connectivity index (χ0n) is 9.03. The van der Waals surface area contributed by atoms with Gasteiger partial charge >= 0.3 is 0 Å². The van der Waals surface area contributed by atoms with E-state index in [1.54, 1.807) is 12.8 Å². The molecule has 0 bridgehead atoms. The van der Waals surface area contributed by atoms with Crippen molar-refractivity contribution in [1.29, 1.82) is 0 Å². The zero-order chi connectivity index (χ0) is 9.03. The summed E-state index contributed by atoms with van der Waals surface area (Å²) in [4.78, 5) is 0. The highest BCUT2D eigenvalue weighted by molar-refractivity contribution is 6.79. The molecule has 0 heterocycles. The lowest BCUT2D eigenvalue weighted by molar-refractivity contribution is 0.489. The molecule has 0 aliphatic heterocycles. The van der Waals surface area contributed by atoms with Crippen LogP contribution in [0.1, 0.15) is 46.0 Å². The quantitative estimate of drug-likeness (QED) is 0.569. The van der Waals surface area contributed by atoms with Gasteiger partial charge < -0.3 is 0 Å². The lowest BCUT2D eigenvalue weighted by Crippen LogP contribution is -2.35. The highest BCUT2D eigenvalue weighted by Crippen LogP contribution is 2.40. The third-order valence-electron chi connectivity index (χ3n) is 4.21. The maximum absolute atomic E-state index is 2.63. The van der Waals surface area contributed by atoms with E-state index in [0.29, 0.717) is 0 Å². The molecule has 0 amide bonds. The zero-order valence-corrected chi connectivity index (χ0v) is 10.0. The van der Waals surface area contributed by atoms with E-state index in [1.165, 1.54) is 36.9 Å². The highest BCUT2D eigenvalue weighted by atomic mass is 28.3. The summed E-state index contributed by atoms with van der Waals surface area (Å²) in [7, 11) is -0.796. The molecule has 0 aromatic heterocycles. The van der Waals surface area contributed by atoms with Gasteiger partial charge in [0.15, 0.2) is 0 Å². The second-order valence-corrected chi connectivity index (χ2v) is 10.2. The number of hydrogen-bond acceptors (Lipinski definition) is 0. The van der Waals surface area contributed by atoms with Crippen LogP contribution in [0.4, 0.5) is 0 Å². The smallest absolute Gasteiger partial charge is 0.0530 e. The fraction of sp³-hybridized carbons (Fsp3) is 1.00. The van der Waals surface area contributed by atoms with Crippen LogP contribution >= 0.6 is 0 Å². The molecule has 1 aliphatic rings. The van der Waals surface area contributed by atoms with Crippen LogP contribution in [0.15, 0.2) is 0 Å². The van der Waals surface area contributed by atoms with Crippen molar-refractivity contribution < 1.29 is 0 Å². The van der Waals surface area contributed by atoms with Gasteiger partial charge in [0.05, 0.1) is 8.07 Å². The lowest BCUT2D eigenvalue weighted by Gasteiger charge is -2.37. The largest absolute Gasteiger partial charge is 0.0690 e. The van der Waals surface area contributed by atoms with Crippen LogP contribution in [0.2, 0.25) is 24.2 Å². The predicted octanol–water partition coefficient (Wildman–Crippen LogP) is 4.44. The second kappa shape index (κ2) is 4.45. The van der Waals surface area contributed by atoms with E-state index in [4.69, 9.17) is 0 Å². The van der Waals surface area contributed by atoms with Crippen molar-refractivity contribution in [3.63, 3.8) is 0 Å². The fourth-order valence-electron chi connectivity index (χ4n) is 2.63. The number of rotatable bonds is 3. The summed E-state index contributed by atoms with van der Waals surface area (Å²) in [5, 5.41) is 0. The predicted molar refractivity (Wildman–Crippen MR) is 59.4 cm³/mol. The topological polar surface area (TPSA) is 0 Å². The fourth-order valence-corrected chi connectivity index (χ4v) is 6.08. The molecule has 0 aromatic rings. The maximum atomic E-state index is 2.63. The maximum Gasteiger partial charge on any atom is 0.0530 e. The molecule has 0 N–H and O–H groups in total. The van der Waals surface area contributed by atoms with Crippen LogP contribution in [0.3, 0.4) is 0 Å². The van der Waals surface area contributed by atoms with Crippen molar-refractivity contribution in [2.75, 3.05) is 0 Å². The normalized spacial score (nSPS) is 21.2. The molecule has 1 heteroatoms. The van der Waals surface area contributed by atoms with Gasteiger partial charge in [0.2, 0.25) is 0 Å². The Hall–Kier alpha value is 0.217. The van der Waals surface area contributed by atoms with Crippen LogP contribution in [-0.4, -0.2) is 8.07 Å². The molecule has 0 nitrogen and oxygen atoms in total. The van der Waals surface area contributed by atoms with Gasteiger partial charge in [-0.3, -0.25) is 0 Å². The first-order valence-electron chi connectivity index (χ1n) is 5.73. The number of hydrogen-bond donors (Lipinski definition) is 0. The Morgan fingerprint density at radius 3 is 1.92 bits per heavy atom. The van der Waals surface area contributed by atoms with E-state index in [1.807, 2.05) is 0 Å². The summed E-state index contributed by atoms with van der Waals surface area (Å²) < 4.78 is 0. The summed E-state index contributed by atoms with van der Waals surface area (Å²) in [5.41, 5.74) is 1.17. The Bertz CT molecular complexity index is 121. The molecule has 0 radical (unpaired) electrons. The molecular weight excluding hydrogens is 160 g/mol. The van der Waals surface area contributed by atoms with Gasteiger partial charge in [0.25, 0.3) is 0 Å². The minimum Gasteiger partial charge on any atom is -0.0690 e. The van der Waals surface area contributed by atoms with Gasteiger partial charge in [-0.1, -0.05) is 64.6 Å². The molecule has 12 heavy (non-hydrogen) atoms. The van der Waals surface area contributed by atoms with Crippen molar-refractivity contribution in [3.8, 4) is 0 Å². The van der Waals surface area contributed by atoms with Gasteiger partial charge in [-0.15, -0.1) is 0 Å². The Kier molecular flexibility index (Phi) is 3.82. The minimum absolute atomic E-state index is 0.796. The lowest BCUT2D eigenvalue weighted by atomic mass is 10.0. The highest BCUT2D eigenvalue weighted by Gasteiger charge is 2.33. The van der Waals surface area contributed by atoms with Gasteiger partial charge in [-0.25, -0.2) is 0 Å². The third kappa shape index (κ3) is 2.12. The van der Waals surface area contributed by atoms with E-state index in [-0.39, 0.29) is 0 Å². The Labute approximate surface area is 78.8 Å². The minimum atomic E-state index is -0.796. The van der Waals surface area contributed by atoms with Crippen molar-refractivity contribution in [1.82, 2.24) is 0 Å². The molecule has 0 saturated heterocycles. The molecule has 0 unspecified atom stereocenters. The molecule has 0 aromatic carbocycles. The van der Waals surface area contributed by atoms with Crippen LogP contribution in [-0.2, 0) is 0 Å². The SMILES string of the molecule is CC[Si](C)(CC)C1CCCCC1. The first-order valence-corrected chi connectivity index (χ1v) is 8.72. The average Bonchev–Trinajstić information content (AvgIpc) is 2.18. The molecule has 1 fully saturated rings. The van der Waals surface area contributed by atoms with Gasteiger partial charge in [0.1, 0.15) is 0 Å². The van der Waals surface area contributed by atoms with Gasteiger partial charge in [0, 0.05) is 0 Å². The molecule has 0 atom stereocenters. The summed E-state index contributed by atoms with van der Waals surface area (Å²) >= 11 is 0. The van der Waals surface area contributed by atoms with Crippen molar-refractivity contribution in [2.45, 2.75) is 70.1 Å². The van der Waals surface area contributed by atoms with E-state index >= 15 is 0 Å². The Morgan fingerprint density at radius 2 is 1.50 bits per heavy atom. The summed E-state index contributed by atoms with van der Waals surface area (Å²) in [6.07, 6.45) is 7.67. The van der Waals surface area contributed by atoms with Crippen LogP contribution in [0.25, 0.3) is 0 Å². The molecule has 72 valence electrons. The van der Waals surface area contributed by atoms with Crippen LogP contribution < -0.4 is 0 Å². The first kappa shape index (κ1) is 10.3. The molecule has 1 saturated carbocycles. The Morgan fingerprint density at radius 1 is 1.00 bits per heavy atom. The summed E-state index contributed by atoms with van der Waals surface area (Å²) in [6, 6.07) is 3.02. The summed E-state index contributed by atoms with van der Waals surface area (Å²) in [6.45, 7) is 7.47. The van der Waals surface area contributed by atoms with Crippen molar-refractivity contribution in [3.05, 3.63) is 0 Å². The van der Waals surface area contributed by atoms with E-state index in [2.05, 4.69) is 20.4 Å². The summed E-state index contributed by atoms with van der Waals surface area (Å²) in [5.74, 6) is 0. The van der Waals surface area contributed by atoms with E-state index in [0.717, 1.165) is 0 Å². The third-order valence-corrected chi connectivity index (χ3v) is 9.99. The van der Waals surface area contributed by atoms with E-state index in [9.17, 15) is 0 Å². The standard InChI is InChI=1S/C11H24Si/c1-4-12(3,5-2)11-9-7-6-8-10-11/h11H,4-10H2,1-3H3. The van der Waals surface area contributed by atoms with Gasteiger partial charge in [-0.2, -0.15) is 0 Å². The monoisotopic (exact) mass is 184 g/mol. The van der Waals surface area contributed by atoms with E-state index < -0.39 is 8.07 Å². The second-order valence-electron chi connectivity index (χ2n) is 4.70. The van der Waals surface area contributed by atoms with Crippen LogP contribution in [0, 0.1) is 0 Å². The van der Waals surface area contributed by atoms with Crippen molar-refractivity contribution in [2.24, 2.45) is 0 Å². The van der Waals surface area contributed by atoms with Crippen molar-refractivity contribution >= 4 is 8.07 Å². The average molecular weight is 184 g/mol. The Balaban J connectivity index is 2.51. The van der Waals surface area contributed by atoms with Crippen LogP contribution in [0.5, 0.6) is 0 Å². The molecule has 1 aliphatic carbocycles.